The number of aliphatic hydroxyl groups is 1. The minimum Gasteiger partial charge on any atom is -0.507 e. The van der Waals surface area contributed by atoms with Crippen LogP contribution in [0.15, 0.2) is 84.6 Å². The summed E-state index contributed by atoms with van der Waals surface area (Å²) >= 11 is 6.25. The molecule has 0 spiro atoms. The standard InChI is InChI=1S/C29H25ClN2O4/c1-3-14-36-21-11-6-8-18(15-21)27(33)25-26(23-17-31(2)24-13-5-4-12-22(23)24)32(29(35)28(25)34)20-10-7-9-19(30)16-20/h4-13,15-17,26,33H,3,14H2,1-2H3/b27-25+. The number of carbonyl (C=O) groups excluding carboxylic acids is 2. The molecule has 5 rings (SSSR count). The van der Waals surface area contributed by atoms with Gasteiger partial charge in [-0.05, 0) is 42.8 Å². The topological polar surface area (TPSA) is 71.8 Å². The van der Waals surface area contributed by atoms with Gasteiger partial charge in [-0.15, -0.1) is 0 Å². The van der Waals surface area contributed by atoms with Crippen LogP contribution in [0.3, 0.4) is 0 Å². The zero-order chi connectivity index (χ0) is 25.4. The molecule has 36 heavy (non-hydrogen) atoms. The lowest BCUT2D eigenvalue weighted by atomic mass is 9.94. The Balaban J connectivity index is 1.75. The monoisotopic (exact) mass is 500 g/mol. The smallest absolute Gasteiger partial charge is 0.300 e. The molecule has 0 aliphatic carbocycles. The second-order valence-corrected chi connectivity index (χ2v) is 9.17. The third-order valence-electron chi connectivity index (χ3n) is 6.33. The lowest BCUT2D eigenvalue weighted by Gasteiger charge is -2.25. The van der Waals surface area contributed by atoms with Crippen LogP contribution < -0.4 is 9.64 Å². The summed E-state index contributed by atoms with van der Waals surface area (Å²) in [5, 5.41) is 12.8. The number of benzene rings is 3. The van der Waals surface area contributed by atoms with Gasteiger partial charge in [0.15, 0.2) is 0 Å². The Morgan fingerprint density at radius 1 is 1.03 bits per heavy atom. The van der Waals surface area contributed by atoms with Crippen molar-refractivity contribution in [1.29, 1.82) is 0 Å². The van der Waals surface area contributed by atoms with Crippen molar-refractivity contribution >= 4 is 45.6 Å². The average Bonchev–Trinajstić information content (AvgIpc) is 3.35. The molecule has 3 aromatic carbocycles. The number of para-hydroxylation sites is 1. The molecule has 1 aromatic heterocycles. The van der Waals surface area contributed by atoms with Crippen molar-refractivity contribution in [3.05, 3.63) is 101 Å². The van der Waals surface area contributed by atoms with Crippen LogP contribution in [0.5, 0.6) is 5.75 Å². The first-order valence-corrected chi connectivity index (χ1v) is 12.1. The summed E-state index contributed by atoms with van der Waals surface area (Å²) in [4.78, 5) is 28.4. The number of halogens is 1. The van der Waals surface area contributed by atoms with Crippen LogP contribution in [-0.2, 0) is 16.6 Å². The molecule has 1 aliphatic heterocycles. The van der Waals surface area contributed by atoms with Crippen LogP contribution in [0.1, 0.15) is 30.5 Å². The van der Waals surface area contributed by atoms with E-state index in [9.17, 15) is 14.7 Å². The number of Topliss-reactive ketones (excluding diaryl/α,β-unsaturated/α-hetero) is 1. The molecule has 1 unspecified atom stereocenters. The molecule has 1 N–H and O–H groups in total. The molecule has 6 nitrogen and oxygen atoms in total. The number of aromatic nitrogens is 1. The van der Waals surface area contributed by atoms with Gasteiger partial charge in [-0.1, -0.05) is 54.9 Å². The first kappa shape index (κ1) is 23.7. The maximum atomic E-state index is 13.5. The molecule has 1 aliphatic rings. The Kier molecular flexibility index (Phi) is 6.29. The number of rotatable bonds is 6. The van der Waals surface area contributed by atoms with E-state index in [1.54, 1.807) is 48.5 Å². The first-order valence-electron chi connectivity index (χ1n) is 11.7. The highest BCUT2D eigenvalue weighted by atomic mass is 35.5. The highest BCUT2D eigenvalue weighted by Gasteiger charge is 2.48. The van der Waals surface area contributed by atoms with Crippen molar-refractivity contribution in [2.45, 2.75) is 19.4 Å². The first-order chi connectivity index (χ1) is 17.4. The summed E-state index contributed by atoms with van der Waals surface area (Å²) in [7, 11) is 1.91. The van der Waals surface area contributed by atoms with Crippen LogP contribution >= 0.6 is 11.6 Å². The normalized spacial score (nSPS) is 17.2. The van der Waals surface area contributed by atoms with Gasteiger partial charge in [0.2, 0.25) is 0 Å². The molecule has 0 radical (unpaired) electrons. The van der Waals surface area contributed by atoms with Crippen molar-refractivity contribution in [3.63, 3.8) is 0 Å². The minimum absolute atomic E-state index is 0.0176. The molecule has 1 amide bonds. The fourth-order valence-corrected chi connectivity index (χ4v) is 4.90. The third-order valence-corrected chi connectivity index (χ3v) is 6.57. The summed E-state index contributed by atoms with van der Waals surface area (Å²) in [6.45, 7) is 2.53. The SMILES string of the molecule is CCCOc1cccc(/C(O)=C2\C(=O)C(=O)N(c3cccc(Cl)c3)C2c2cn(C)c3ccccc23)c1. The van der Waals surface area contributed by atoms with Crippen LogP contribution in [0.2, 0.25) is 5.02 Å². The van der Waals surface area contributed by atoms with Gasteiger partial charge in [0.1, 0.15) is 11.5 Å². The third kappa shape index (κ3) is 4.03. The van der Waals surface area contributed by atoms with Crippen LogP contribution in [-0.4, -0.2) is 28.0 Å². The van der Waals surface area contributed by atoms with E-state index in [0.29, 0.717) is 28.6 Å². The lowest BCUT2D eigenvalue weighted by Crippen LogP contribution is -2.29. The van der Waals surface area contributed by atoms with Gasteiger partial charge in [-0.25, -0.2) is 0 Å². The van der Waals surface area contributed by atoms with E-state index in [2.05, 4.69) is 0 Å². The van der Waals surface area contributed by atoms with Gasteiger partial charge >= 0.3 is 0 Å². The van der Waals surface area contributed by atoms with Crippen molar-refractivity contribution < 1.29 is 19.4 Å². The van der Waals surface area contributed by atoms with Crippen molar-refractivity contribution in [1.82, 2.24) is 4.57 Å². The van der Waals surface area contributed by atoms with E-state index < -0.39 is 17.7 Å². The molecule has 4 aromatic rings. The predicted molar refractivity (Wildman–Crippen MR) is 141 cm³/mol. The second-order valence-electron chi connectivity index (χ2n) is 8.74. The number of nitrogens with zero attached hydrogens (tertiary/aromatic N) is 2. The van der Waals surface area contributed by atoms with E-state index in [0.717, 1.165) is 22.9 Å². The lowest BCUT2D eigenvalue weighted by molar-refractivity contribution is -0.132. The van der Waals surface area contributed by atoms with E-state index in [-0.39, 0.29) is 11.3 Å². The molecule has 1 saturated heterocycles. The summed E-state index contributed by atoms with van der Waals surface area (Å²) < 4.78 is 7.67. The quantitative estimate of drug-likeness (QED) is 0.193. The molecule has 1 atom stereocenters. The summed E-state index contributed by atoms with van der Waals surface area (Å²) in [6.07, 6.45) is 2.73. The van der Waals surface area contributed by atoms with Gasteiger partial charge in [-0.3, -0.25) is 14.5 Å². The maximum Gasteiger partial charge on any atom is 0.300 e. The van der Waals surface area contributed by atoms with Crippen molar-refractivity contribution in [2.24, 2.45) is 7.05 Å². The Bertz CT molecular complexity index is 1520. The molecule has 1 fully saturated rings. The number of amides is 1. The van der Waals surface area contributed by atoms with Gasteiger partial charge in [0.25, 0.3) is 11.7 Å². The highest BCUT2D eigenvalue weighted by Crippen LogP contribution is 2.45. The average molecular weight is 501 g/mol. The Labute approximate surface area is 214 Å². The largest absolute Gasteiger partial charge is 0.507 e. The Hall–Kier alpha value is -4.03. The molecule has 182 valence electrons. The zero-order valence-electron chi connectivity index (χ0n) is 19.9. The number of aliphatic hydroxyl groups excluding tert-OH is 1. The van der Waals surface area contributed by atoms with Crippen LogP contribution in [0.4, 0.5) is 5.69 Å². The molecule has 0 bridgehead atoms. The number of hydrogen-bond donors (Lipinski definition) is 1. The minimum atomic E-state index is -0.852. The van der Waals surface area contributed by atoms with Crippen LogP contribution in [0, 0.1) is 0 Å². The fourth-order valence-electron chi connectivity index (χ4n) is 4.72. The van der Waals surface area contributed by atoms with E-state index >= 15 is 0 Å². The van der Waals surface area contributed by atoms with E-state index in [1.807, 2.05) is 49.0 Å². The van der Waals surface area contributed by atoms with Crippen molar-refractivity contribution in [3.8, 4) is 5.75 Å². The number of aryl methyl sites for hydroxylation is 1. The van der Waals surface area contributed by atoms with Crippen LogP contribution in [0.25, 0.3) is 16.7 Å². The number of carbonyl (C=O) groups is 2. The highest BCUT2D eigenvalue weighted by molar-refractivity contribution is 6.52. The van der Waals surface area contributed by atoms with Gasteiger partial charge in [0.05, 0.1) is 18.2 Å². The number of ether oxygens (including phenoxy) is 1. The predicted octanol–water partition coefficient (Wildman–Crippen LogP) is 6.25. The second kappa shape index (κ2) is 9.55. The number of hydrogen-bond acceptors (Lipinski definition) is 4. The number of ketones is 1. The van der Waals surface area contributed by atoms with E-state index in [4.69, 9.17) is 16.3 Å². The van der Waals surface area contributed by atoms with Gasteiger partial charge in [-0.2, -0.15) is 0 Å². The summed E-state index contributed by atoms with van der Waals surface area (Å²) in [5.41, 5.74) is 2.56. The fraction of sp³-hybridized carbons (Fsp3) is 0.172. The molecule has 2 heterocycles. The molecular formula is C29H25ClN2O4. The van der Waals surface area contributed by atoms with Gasteiger partial charge in [0, 0.05) is 46.0 Å². The molecule has 7 heteroatoms. The number of anilines is 1. The Morgan fingerprint density at radius 3 is 2.58 bits per heavy atom. The molecule has 0 saturated carbocycles. The van der Waals surface area contributed by atoms with Crippen molar-refractivity contribution in [2.75, 3.05) is 11.5 Å². The Morgan fingerprint density at radius 2 is 1.81 bits per heavy atom. The van der Waals surface area contributed by atoms with Gasteiger partial charge < -0.3 is 14.4 Å². The molecular weight excluding hydrogens is 476 g/mol. The summed E-state index contributed by atoms with van der Waals surface area (Å²) in [5.74, 6) is -1.16. The summed E-state index contributed by atoms with van der Waals surface area (Å²) in [6, 6.07) is 20.6. The maximum absolute atomic E-state index is 13.5. The van der Waals surface area contributed by atoms with E-state index in [1.165, 1.54) is 4.90 Å². The zero-order valence-corrected chi connectivity index (χ0v) is 20.7. The number of fused-ring (bicyclic) bond motifs is 1.